The Kier molecular flexibility index (Phi) is 5.11. The summed E-state index contributed by atoms with van der Waals surface area (Å²) in [4.78, 5) is 25.9. The van der Waals surface area contributed by atoms with E-state index in [1.165, 1.54) is 0 Å². The molecular formula is C17H20BrN5O. The number of nitrogens with one attached hydrogen (secondary N) is 1. The normalized spacial score (nSPS) is 15.4. The Morgan fingerprint density at radius 2 is 1.88 bits per heavy atom. The molecule has 1 aromatic heterocycles. The summed E-state index contributed by atoms with van der Waals surface area (Å²) in [6.45, 7) is 5.55. The summed E-state index contributed by atoms with van der Waals surface area (Å²) in [6, 6.07) is 9.22. The molecule has 0 saturated carbocycles. The molecule has 126 valence electrons. The molecule has 0 spiro atoms. The zero-order valence-electron chi connectivity index (χ0n) is 13.8. The SMILES string of the molecule is Cc1cc(C(=O)Nc2ccccc2Br)nc(N2CCN(C)CC2)n1. The first-order valence-electron chi connectivity index (χ1n) is 7.88. The van der Waals surface area contributed by atoms with Gasteiger partial charge >= 0.3 is 0 Å². The molecule has 0 bridgehead atoms. The molecular weight excluding hydrogens is 370 g/mol. The van der Waals surface area contributed by atoms with Gasteiger partial charge < -0.3 is 15.1 Å². The summed E-state index contributed by atoms with van der Waals surface area (Å²) in [6.07, 6.45) is 0. The number of hydrogen-bond acceptors (Lipinski definition) is 5. The second-order valence-electron chi connectivity index (χ2n) is 5.92. The standard InChI is InChI=1S/C17H20BrN5O/c1-12-11-15(16(24)20-14-6-4-3-5-13(14)18)21-17(19-12)23-9-7-22(2)8-10-23/h3-6,11H,7-10H2,1-2H3,(H,20,24). The van der Waals surface area contributed by atoms with Gasteiger partial charge in [-0.15, -0.1) is 0 Å². The first-order valence-corrected chi connectivity index (χ1v) is 8.67. The minimum atomic E-state index is -0.234. The third-order valence-electron chi connectivity index (χ3n) is 3.98. The molecule has 0 radical (unpaired) electrons. The number of aryl methyl sites for hydroxylation is 1. The highest BCUT2D eigenvalue weighted by atomic mass is 79.9. The number of anilines is 2. The highest BCUT2D eigenvalue weighted by molar-refractivity contribution is 9.10. The second kappa shape index (κ2) is 7.27. The van der Waals surface area contributed by atoms with Crippen molar-refractivity contribution in [2.24, 2.45) is 0 Å². The number of halogens is 1. The van der Waals surface area contributed by atoms with Crippen LogP contribution < -0.4 is 10.2 Å². The highest BCUT2D eigenvalue weighted by Crippen LogP contribution is 2.22. The van der Waals surface area contributed by atoms with Crippen molar-refractivity contribution in [3.8, 4) is 0 Å². The minimum Gasteiger partial charge on any atom is -0.338 e. The van der Waals surface area contributed by atoms with Crippen LogP contribution in [0.5, 0.6) is 0 Å². The van der Waals surface area contributed by atoms with Crippen molar-refractivity contribution in [1.29, 1.82) is 0 Å². The molecule has 1 saturated heterocycles. The molecule has 1 fully saturated rings. The van der Waals surface area contributed by atoms with E-state index in [2.05, 4.69) is 48.1 Å². The lowest BCUT2D eigenvalue weighted by molar-refractivity contribution is 0.102. The van der Waals surface area contributed by atoms with Crippen molar-refractivity contribution >= 4 is 33.5 Å². The maximum absolute atomic E-state index is 12.6. The van der Waals surface area contributed by atoms with Crippen LogP contribution in [0.3, 0.4) is 0 Å². The van der Waals surface area contributed by atoms with Gasteiger partial charge in [0, 0.05) is 36.3 Å². The Bertz CT molecular complexity index is 744. The van der Waals surface area contributed by atoms with Crippen LogP contribution in [0.1, 0.15) is 16.2 Å². The quantitative estimate of drug-likeness (QED) is 0.873. The van der Waals surface area contributed by atoms with Gasteiger partial charge in [-0.3, -0.25) is 4.79 Å². The fourth-order valence-electron chi connectivity index (χ4n) is 2.57. The van der Waals surface area contributed by atoms with E-state index in [0.717, 1.165) is 42.0 Å². The van der Waals surface area contributed by atoms with Gasteiger partial charge in [0.05, 0.1) is 5.69 Å². The summed E-state index contributed by atoms with van der Waals surface area (Å²) < 4.78 is 0.836. The Morgan fingerprint density at radius 3 is 2.58 bits per heavy atom. The maximum atomic E-state index is 12.6. The van der Waals surface area contributed by atoms with Gasteiger partial charge in [0.2, 0.25) is 5.95 Å². The highest BCUT2D eigenvalue weighted by Gasteiger charge is 2.19. The van der Waals surface area contributed by atoms with Gasteiger partial charge in [-0.2, -0.15) is 0 Å². The van der Waals surface area contributed by atoms with Crippen LogP contribution in [0.4, 0.5) is 11.6 Å². The molecule has 1 N–H and O–H groups in total. The summed E-state index contributed by atoms with van der Waals surface area (Å²) >= 11 is 3.43. The van der Waals surface area contributed by atoms with Crippen molar-refractivity contribution in [2.75, 3.05) is 43.4 Å². The molecule has 3 rings (SSSR count). The predicted octanol–water partition coefficient (Wildman–Crippen LogP) is 2.55. The lowest BCUT2D eigenvalue weighted by Crippen LogP contribution is -2.45. The van der Waals surface area contributed by atoms with E-state index >= 15 is 0 Å². The molecule has 1 aromatic carbocycles. The van der Waals surface area contributed by atoms with E-state index in [-0.39, 0.29) is 5.91 Å². The Balaban J connectivity index is 1.80. The lowest BCUT2D eigenvalue weighted by atomic mass is 10.2. The molecule has 0 aliphatic carbocycles. The van der Waals surface area contributed by atoms with Crippen LogP contribution >= 0.6 is 15.9 Å². The van der Waals surface area contributed by atoms with E-state index in [1.54, 1.807) is 6.07 Å². The minimum absolute atomic E-state index is 0.234. The monoisotopic (exact) mass is 389 g/mol. The average molecular weight is 390 g/mol. The van der Waals surface area contributed by atoms with E-state index in [1.807, 2.05) is 31.2 Å². The van der Waals surface area contributed by atoms with Crippen molar-refractivity contribution in [3.05, 3.63) is 46.2 Å². The van der Waals surface area contributed by atoms with E-state index in [9.17, 15) is 4.79 Å². The van der Waals surface area contributed by atoms with Crippen LogP contribution in [-0.2, 0) is 0 Å². The molecule has 6 nitrogen and oxygen atoms in total. The Morgan fingerprint density at radius 1 is 1.17 bits per heavy atom. The number of hydrogen-bond donors (Lipinski definition) is 1. The van der Waals surface area contributed by atoms with Gasteiger partial charge in [-0.05, 0) is 48.1 Å². The third kappa shape index (κ3) is 3.91. The van der Waals surface area contributed by atoms with Crippen molar-refractivity contribution in [1.82, 2.24) is 14.9 Å². The van der Waals surface area contributed by atoms with Crippen molar-refractivity contribution in [3.63, 3.8) is 0 Å². The smallest absolute Gasteiger partial charge is 0.274 e. The lowest BCUT2D eigenvalue weighted by Gasteiger charge is -2.32. The van der Waals surface area contributed by atoms with Crippen LogP contribution in [-0.4, -0.2) is 54.0 Å². The largest absolute Gasteiger partial charge is 0.338 e. The maximum Gasteiger partial charge on any atom is 0.274 e. The zero-order valence-corrected chi connectivity index (χ0v) is 15.4. The van der Waals surface area contributed by atoms with Crippen LogP contribution in [0.2, 0.25) is 0 Å². The van der Waals surface area contributed by atoms with E-state index < -0.39 is 0 Å². The average Bonchev–Trinajstić information content (AvgIpc) is 2.57. The topological polar surface area (TPSA) is 61.4 Å². The van der Waals surface area contributed by atoms with Gasteiger partial charge in [0.1, 0.15) is 5.69 Å². The fraction of sp³-hybridized carbons (Fsp3) is 0.353. The number of carbonyl (C=O) groups is 1. The van der Waals surface area contributed by atoms with Crippen LogP contribution in [0, 0.1) is 6.92 Å². The number of likely N-dealkylation sites (N-methyl/N-ethyl adjacent to an activating group) is 1. The zero-order chi connectivity index (χ0) is 17.1. The van der Waals surface area contributed by atoms with Crippen molar-refractivity contribution in [2.45, 2.75) is 6.92 Å². The summed E-state index contributed by atoms with van der Waals surface area (Å²) in [5.74, 6) is 0.392. The fourth-order valence-corrected chi connectivity index (χ4v) is 2.95. The summed E-state index contributed by atoms with van der Waals surface area (Å²) in [5, 5.41) is 2.89. The van der Waals surface area contributed by atoms with Gasteiger partial charge in [0.15, 0.2) is 0 Å². The molecule has 0 unspecified atom stereocenters. The number of para-hydroxylation sites is 1. The number of carbonyl (C=O) groups excluding carboxylic acids is 1. The summed E-state index contributed by atoms with van der Waals surface area (Å²) in [7, 11) is 2.10. The van der Waals surface area contributed by atoms with E-state index in [0.29, 0.717) is 11.6 Å². The summed E-state index contributed by atoms with van der Waals surface area (Å²) in [5.41, 5.74) is 1.89. The number of aromatic nitrogens is 2. The molecule has 1 aliphatic heterocycles. The number of nitrogens with zero attached hydrogens (tertiary/aromatic N) is 4. The number of rotatable bonds is 3. The van der Waals surface area contributed by atoms with Gasteiger partial charge in [-0.1, -0.05) is 12.1 Å². The first kappa shape index (κ1) is 16.9. The predicted molar refractivity (Wildman–Crippen MR) is 98.6 cm³/mol. The number of piperazine rings is 1. The first-order chi connectivity index (χ1) is 11.5. The number of benzene rings is 1. The molecule has 24 heavy (non-hydrogen) atoms. The van der Waals surface area contributed by atoms with Gasteiger partial charge in [-0.25, -0.2) is 9.97 Å². The molecule has 2 heterocycles. The number of amides is 1. The van der Waals surface area contributed by atoms with Gasteiger partial charge in [0.25, 0.3) is 5.91 Å². The van der Waals surface area contributed by atoms with Crippen molar-refractivity contribution < 1.29 is 4.79 Å². The second-order valence-corrected chi connectivity index (χ2v) is 6.77. The molecule has 7 heteroatoms. The Labute approximate surface area is 150 Å². The molecule has 0 atom stereocenters. The van der Waals surface area contributed by atoms with Crippen LogP contribution in [0.25, 0.3) is 0 Å². The third-order valence-corrected chi connectivity index (χ3v) is 4.67. The van der Waals surface area contributed by atoms with E-state index in [4.69, 9.17) is 0 Å². The Hall–Kier alpha value is -1.99. The molecule has 2 aromatic rings. The molecule has 1 amide bonds. The van der Waals surface area contributed by atoms with Crippen LogP contribution in [0.15, 0.2) is 34.8 Å². The molecule has 1 aliphatic rings.